The normalized spacial score (nSPS) is 16.5. The maximum absolute atomic E-state index is 11.8. The van der Waals surface area contributed by atoms with Crippen LogP contribution in [0.4, 0.5) is 0 Å². The van der Waals surface area contributed by atoms with Gasteiger partial charge in [0.05, 0.1) is 37.6 Å². The Morgan fingerprint density at radius 2 is 1.41 bits per heavy atom. The van der Waals surface area contributed by atoms with Crippen molar-refractivity contribution in [3.63, 3.8) is 0 Å². The number of benzene rings is 1. The quantitative estimate of drug-likeness (QED) is 0.521. The number of carbonyl (C=O) groups is 2. The summed E-state index contributed by atoms with van der Waals surface area (Å²) in [5.41, 5.74) is 0.346. The summed E-state index contributed by atoms with van der Waals surface area (Å²) in [6, 6.07) is 5.59. The van der Waals surface area contributed by atoms with E-state index in [0.29, 0.717) is 0 Å². The van der Waals surface area contributed by atoms with Gasteiger partial charge in [0.25, 0.3) is 0 Å². The second-order valence-electron chi connectivity index (χ2n) is 4.46. The number of aliphatic hydroxyl groups is 2. The van der Waals surface area contributed by atoms with Crippen molar-refractivity contribution in [3.05, 3.63) is 35.4 Å². The Morgan fingerprint density at radius 1 is 0.909 bits per heavy atom. The van der Waals surface area contributed by atoms with Crippen molar-refractivity contribution >= 4 is 11.9 Å². The Balaban J connectivity index is 1.96. The lowest BCUT2D eigenvalue weighted by molar-refractivity contribution is -0.324. The minimum atomic E-state index is -2.51. The monoisotopic (exact) mass is 312 g/mol. The van der Waals surface area contributed by atoms with Gasteiger partial charge in [0.15, 0.2) is 6.61 Å². The summed E-state index contributed by atoms with van der Waals surface area (Å²) in [6.45, 7) is -0.299. The molecule has 0 aromatic heterocycles. The van der Waals surface area contributed by atoms with E-state index >= 15 is 0 Å². The molecule has 2 aliphatic rings. The third-order valence-corrected chi connectivity index (χ3v) is 2.75. The highest BCUT2D eigenvalue weighted by atomic mass is 16.9. The van der Waals surface area contributed by atoms with Gasteiger partial charge in [-0.3, -0.25) is 0 Å². The highest BCUT2D eigenvalue weighted by molar-refractivity contribution is 5.94. The molecule has 0 spiro atoms. The highest BCUT2D eigenvalue weighted by Gasteiger charge is 2.39. The number of rotatable bonds is 7. The molecule has 0 saturated heterocycles. The summed E-state index contributed by atoms with van der Waals surface area (Å²) in [5, 5.41) is 18.7. The summed E-state index contributed by atoms with van der Waals surface area (Å²) in [5.74, 6) is -4.20. The molecular formula is C14H16O8. The van der Waals surface area contributed by atoms with Crippen LogP contribution in [-0.4, -0.2) is 61.2 Å². The van der Waals surface area contributed by atoms with Gasteiger partial charge in [-0.1, -0.05) is 0 Å². The molecule has 0 aliphatic carbocycles. The van der Waals surface area contributed by atoms with E-state index in [1.165, 1.54) is 24.3 Å². The molecule has 0 saturated carbocycles. The average molecular weight is 312 g/mol. The van der Waals surface area contributed by atoms with Crippen LogP contribution in [0.25, 0.3) is 0 Å². The standard InChI is InChI=1S/C14H16O8/c15-5-6-19-7-8-20-9-14(18)21-12(16)10-1-2-11(4-3-10)13(17)22-14/h1-4,15,18H,5-9H2. The van der Waals surface area contributed by atoms with Gasteiger partial charge in [-0.05, 0) is 24.3 Å². The van der Waals surface area contributed by atoms with E-state index in [4.69, 9.17) is 24.1 Å². The number of hydrogen-bond donors (Lipinski definition) is 2. The van der Waals surface area contributed by atoms with Crippen molar-refractivity contribution in [2.75, 3.05) is 33.0 Å². The molecule has 0 unspecified atom stereocenters. The molecule has 3 rings (SSSR count). The van der Waals surface area contributed by atoms with Crippen molar-refractivity contribution in [1.82, 2.24) is 0 Å². The summed E-state index contributed by atoms with van der Waals surface area (Å²) < 4.78 is 19.6. The van der Waals surface area contributed by atoms with E-state index in [1.807, 2.05) is 0 Å². The minimum absolute atomic E-state index is 0.0566. The summed E-state index contributed by atoms with van der Waals surface area (Å²) in [6.07, 6.45) is 0. The first-order chi connectivity index (χ1) is 10.5. The first-order valence-electron chi connectivity index (χ1n) is 6.59. The second kappa shape index (κ2) is 7.32. The van der Waals surface area contributed by atoms with Crippen molar-refractivity contribution in [1.29, 1.82) is 0 Å². The van der Waals surface area contributed by atoms with Crippen molar-refractivity contribution in [2.24, 2.45) is 0 Å². The molecule has 120 valence electrons. The third-order valence-electron chi connectivity index (χ3n) is 2.75. The van der Waals surface area contributed by atoms with Crippen LogP contribution in [0.3, 0.4) is 0 Å². The molecule has 0 amide bonds. The Morgan fingerprint density at radius 3 is 1.91 bits per heavy atom. The van der Waals surface area contributed by atoms with Crippen molar-refractivity contribution in [2.45, 2.75) is 5.97 Å². The number of hydrogen-bond acceptors (Lipinski definition) is 8. The minimum Gasteiger partial charge on any atom is -0.394 e. The van der Waals surface area contributed by atoms with Crippen LogP contribution in [0.5, 0.6) is 0 Å². The molecule has 1 aromatic rings. The van der Waals surface area contributed by atoms with Crippen LogP contribution < -0.4 is 0 Å². The number of fused-ring (bicyclic) bond motifs is 6. The van der Waals surface area contributed by atoms with Gasteiger partial charge in [0.1, 0.15) is 0 Å². The van der Waals surface area contributed by atoms with Gasteiger partial charge in [0, 0.05) is 0 Å². The molecular weight excluding hydrogens is 296 g/mol. The van der Waals surface area contributed by atoms with E-state index in [9.17, 15) is 14.7 Å². The summed E-state index contributed by atoms with van der Waals surface area (Å²) >= 11 is 0. The highest BCUT2D eigenvalue weighted by Crippen LogP contribution is 2.20. The molecule has 0 atom stereocenters. The predicted molar refractivity (Wildman–Crippen MR) is 70.9 cm³/mol. The van der Waals surface area contributed by atoms with E-state index in [1.54, 1.807) is 0 Å². The van der Waals surface area contributed by atoms with Crippen LogP contribution >= 0.6 is 0 Å². The first-order valence-corrected chi connectivity index (χ1v) is 6.59. The Hall–Kier alpha value is -2.00. The molecule has 2 heterocycles. The maximum Gasteiger partial charge on any atom is 0.398 e. The average Bonchev–Trinajstić information content (AvgIpc) is 2.56. The van der Waals surface area contributed by atoms with Gasteiger partial charge < -0.3 is 29.2 Å². The molecule has 8 heteroatoms. The zero-order valence-electron chi connectivity index (χ0n) is 11.7. The first kappa shape index (κ1) is 16.4. The van der Waals surface area contributed by atoms with Crippen LogP contribution in [0, 0.1) is 0 Å². The van der Waals surface area contributed by atoms with Crippen LogP contribution in [0.1, 0.15) is 20.7 Å². The fourth-order valence-electron chi connectivity index (χ4n) is 1.72. The summed E-state index contributed by atoms with van der Waals surface area (Å²) in [4.78, 5) is 23.7. The number of carbonyl (C=O) groups excluding carboxylic acids is 2. The van der Waals surface area contributed by atoms with Gasteiger partial charge in [-0.2, -0.15) is 0 Å². The lowest BCUT2D eigenvalue weighted by atomic mass is 10.1. The molecule has 2 aliphatic heterocycles. The fourth-order valence-corrected chi connectivity index (χ4v) is 1.72. The fraction of sp³-hybridized carbons (Fsp3) is 0.429. The van der Waals surface area contributed by atoms with Gasteiger partial charge in [-0.15, -0.1) is 0 Å². The van der Waals surface area contributed by atoms with Crippen LogP contribution in [-0.2, 0) is 18.9 Å². The molecule has 22 heavy (non-hydrogen) atoms. The van der Waals surface area contributed by atoms with E-state index in [-0.39, 0.29) is 37.6 Å². The predicted octanol–water partition coefficient (Wildman–Crippen LogP) is -0.315. The zero-order valence-corrected chi connectivity index (χ0v) is 11.7. The third kappa shape index (κ3) is 4.25. The van der Waals surface area contributed by atoms with Gasteiger partial charge in [0.2, 0.25) is 0 Å². The molecule has 8 nitrogen and oxygen atoms in total. The van der Waals surface area contributed by atoms with Crippen molar-refractivity contribution in [3.8, 4) is 0 Å². The number of aliphatic hydroxyl groups excluding tert-OH is 1. The van der Waals surface area contributed by atoms with Gasteiger partial charge >= 0.3 is 17.9 Å². The molecule has 1 aromatic carbocycles. The smallest absolute Gasteiger partial charge is 0.394 e. The number of esters is 2. The van der Waals surface area contributed by atoms with E-state index < -0.39 is 24.5 Å². The summed E-state index contributed by atoms with van der Waals surface area (Å²) in [7, 11) is 0. The lowest BCUT2D eigenvalue weighted by Gasteiger charge is -2.25. The van der Waals surface area contributed by atoms with E-state index in [0.717, 1.165) is 0 Å². The largest absolute Gasteiger partial charge is 0.398 e. The SMILES string of the molecule is O=C1OC(O)(COCCOCCO)OC(=O)c2ccc1cc2. The topological polar surface area (TPSA) is 112 Å². The lowest BCUT2D eigenvalue weighted by Crippen LogP contribution is -2.44. The van der Waals surface area contributed by atoms with Gasteiger partial charge in [-0.25, -0.2) is 9.59 Å². The van der Waals surface area contributed by atoms with Crippen molar-refractivity contribution < 1.29 is 38.7 Å². The second-order valence-corrected chi connectivity index (χ2v) is 4.46. The van der Waals surface area contributed by atoms with Crippen LogP contribution in [0.2, 0.25) is 0 Å². The number of ether oxygens (including phenoxy) is 4. The zero-order chi connectivity index (χ0) is 16.0. The Bertz CT molecular complexity index is 487. The van der Waals surface area contributed by atoms with E-state index in [2.05, 4.69) is 0 Å². The molecule has 0 fully saturated rings. The Labute approximate surface area is 126 Å². The molecule has 2 N–H and O–H groups in total. The van der Waals surface area contributed by atoms with Crippen LogP contribution in [0.15, 0.2) is 24.3 Å². The molecule has 2 bridgehead atoms. The Kier molecular flexibility index (Phi) is 5.45. The molecule has 0 radical (unpaired) electrons. The maximum atomic E-state index is 11.8.